The van der Waals surface area contributed by atoms with Crippen LogP contribution in [0.25, 0.3) is 0 Å². The Bertz CT molecular complexity index is 948. The minimum absolute atomic E-state index is 0.0397. The Morgan fingerprint density at radius 1 is 0.778 bits per heavy atom. The van der Waals surface area contributed by atoms with Crippen LogP contribution in [0.4, 0.5) is 0 Å². The van der Waals surface area contributed by atoms with Crippen molar-refractivity contribution in [3.8, 4) is 17.2 Å². The first-order valence-electron chi connectivity index (χ1n) is 8.79. The van der Waals surface area contributed by atoms with Gasteiger partial charge in [-0.05, 0) is 35.4 Å². The third kappa shape index (κ3) is 3.14. The molecular weight excluding hydrogens is 340 g/mol. The van der Waals surface area contributed by atoms with Gasteiger partial charge in [0, 0.05) is 6.07 Å². The summed E-state index contributed by atoms with van der Waals surface area (Å²) in [5, 5.41) is 0. The highest BCUT2D eigenvalue weighted by atomic mass is 16.5. The number of ketones is 1. The molecule has 0 saturated carbocycles. The Balaban J connectivity index is 1.83. The van der Waals surface area contributed by atoms with Gasteiger partial charge in [0.1, 0.15) is 23.4 Å². The third-order valence-electron chi connectivity index (χ3n) is 4.90. The van der Waals surface area contributed by atoms with Gasteiger partial charge < -0.3 is 14.2 Å². The van der Waals surface area contributed by atoms with E-state index in [4.69, 9.17) is 14.2 Å². The zero-order valence-corrected chi connectivity index (χ0v) is 15.2. The molecule has 2 atom stereocenters. The van der Waals surface area contributed by atoms with Crippen LogP contribution in [0.2, 0.25) is 0 Å². The molecule has 4 rings (SSSR count). The van der Waals surface area contributed by atoms with E-state index in [0.29, 0.717) is 17.1 Å². The molecule has 3 aromatic carbocycles. The minimum Gasteiger partial charge on any atom is -0.497 e. The van der Waals surface area contributed by atoms with Gasteiger partial charge in [-0.25, -0.2) is 0 Å². The van der Waals surface area contributed by atoms with Crippen molar-refractivity contribution < 1.29 is 19.0 Å². The molecule has 3 aromatic rings. The summed E-state index contributed by atoms with van der Waals surface area (Å²) in [7, 11) is 3.22. The Morgan fingerprint density at radius 2 is 1.44 bits per heavy atom. The first-order valence-corrected chi connectivity index (χ1v) is 8.79. The number of rotatable bonds is 4. The summed E-state index contributed by atoms with van der Waals surface area (Å²) in [6, 6.07) is 22.7. The highest BCUT2D eigenvalue weighted by molar-refractivity contribution is 6.04. The van der Waals surface area contributed by atoms with Crippen LogP contribution in [0.3, 0.4) is 0 Å². The van der Waals surface area contributed by atoms with Gasteiger partial charge in [-0.15, -0.1) is 0 Å². The molecule has 1 heterocycles. The van der Waals surface area contributed by atoms with E-state index >= 15 is 0 Å². The van der Waals surface area contributed by atoms with Crippen LogP contribution in [0.15, 0.2) is 72.8 Å². The molecule has 1 aliphatic rings. The number of fused-ring (bicyclic) bond motifs is 1. The lowest BCUT2D eigenvalue weighted by Gasteiger charge is -2.33. The zero-order valence-electron chi connectivity index (χ0n) is 15.2. The molecule has 0 radical (unpaired) electrons. The van der Waals surface area contributed by atoms with Crippen molar-refractivity contribution in [1.82, 2.24) is 0 Å². The maximum atomic E-state index is 13.4. The molecular formula is C23H20O4. The molecule has 4 nitrogen and oxygen atoms in total. The molecule has 0 saturated heterocycles. The lowest BCUT2D eigenvalue weighted by molar-refractivity contribution is 0.0781. The fourth-order valence-corrected chi connectivity index (χ4v) is 3.48. The minimum atomic E-state index is -0.431. The van der Waals surface area contributed by atoms with E-state index in [1.807, 2.05) is 54.6 Å². The average Bonchev–Trinajstić information content (AvgIpc) is 2.74. The van der Waals surface area contributed by atoms with E-state index in [1.54, 1.807) is 32.4 Å². The molecule has 0 fully saturated rings. The van der Waals surface area contributed by atoms with E-state index in [2.05, 4.69) is 0 Å². The van der Waals surface area contributed by atoms with Gasteiger partial charge in [-0.1, -0.05) is 42.5 Å². The van der Waals surface area contributed by atoms with Crippen molar-refractivity contribution in [3.05, 3.63) is 89.5 Å². The van der Waals surface area contributed by atoms with Crippen LogP contribution in [0.1, 0.15) is 33.5 Å². The number of hydrogen-bond donors (Lipinski definition) is 0. The van der Waals surface area contributed by atoms with E-state index in [0.717, 1.165) is 16.9 Å². The predicted molar refractivity (Wildman–Crippen MR) is 103 cm³/mol. The molecule has 0 N–H and O–H groups in total. The first kappa shape index (κ1) is 17.2. The fourth-order valence-electron chi connectivity index (χ4n) is 3.48. The smallest absolute Gasteiger partial charge is 0.178 e. The lowest BCUT2D eigenvalue weighted by atomic mass is 9.81. The topological polar surface area (TPSA) is 44.8 Å². The van der Waals surface area contributed by atoms with Crippen molar-refractivity contribution in [1.29, 1.82) is 0 Å². The number of Topliss-reactive ketones (excluding diaryl/α,β-unsaturated/α-hetero) is 1. The Kier molecular flexibility index (Phi) is 4.55. The van der Waals surface area contributed by atoms with Crippen molar-refractivity contribution in [2.75, 3.05) is 14.2 Å². The van der Waals surface area contributed by atoms with Gasteiger partial charge in [0.2, 0.25) is 0 Å². The molecule has 4 heteroatoms. The summed E-state index contributed by atoms with van der Waals surface area (Å²) >= 11 is 0. The van der Waals surface area contributed by atoms with Gasteiger partial charge in [0.05, 0.1) is 25.7 Å². The molecule has 0 bridgehead atoms. The second-order valence-corrected chi connectivity index (χ2v) is 6.43. The van der Waals surface area contributed by atoms with Crippen LogP contribution < -0.4 is 14.2 Å². The fraction of sp³-hybridized carbons (Fsp3) is 0.174. The lowest BCUT2D eigenvalue weighted by Crippen LogP contribution is -2.30. The van der Waals surface area contributed by atoms with Gasteiger partial charge in [-0.3, -0.25) is 4.79 Å². The van der Waals surface area contributed by atoms with Crippen molar-refractivity contribution in [3.63, 3.8) is 0 Å². The largest absolute Gasteiger partial charge is 0.497 e. The number of methoxy groups -OCH3 is 2. The Hall–Kier alpha value is -3.27. The number of ether oxygens (including phenoxy) is 3. The van der Waals surface area contributed by atoms with E-state index in [-0.39, 0.29) is 5.78 Å². The van der Waals surface area contributed by atoms with Gasteiger partial charge in [0.25, 0.3) is 0 Å². The number of carbonyl (C=O) groups is 1. The maximum absolute atomic E-state index is 13.4. The Labute approximate surface area is 158 Å². The quantitative estimate of drug-likeness (QED) is 0.670. The van der Waals surface area contributed by atoms with Crippen molar-refractivity contribution in [2.24, 2.45) is 0 Å². The Morgan fingerprint density at radius 3 is 2.11 bits per heavy atom. The standard InChI is InChI=1S/C23H20O4/c1-25-17-10-8-15(9-11-17)21-22(24)19-13-12-18(26-2)14-20(19)27-23(21)16-6-4-3-5-7-16/h3-14,21,23H,1-2H3/t21-,23-/m1/s1. The van der Waals surface area contributed by atoms with Crippen LogP contribution in [0.5, 0.6) is 17.2 Å². The number of carbonyl (C=O) groups excluding carboxylic acids is 1. The van der Waals surface area contributed by atoms with E-state index in [9.17, 15) is 4.79 Å². The third-order valence-corrected chi connectivity index (χ3v) is 4.90. The van der Waals surface area contributed by atoms with Crippen LogP contribution >= 0.6 is 0 Å². The molecule has 136 valence electrons. The average molecular weight is 360 g/mol. The monoisotopic (exact) mass is 360 g/mol. The van der Waals surface area contributed by atoms with E-state index < -0.39 is 12.0 Å². The van der Waals surface area contributed by atoms with Gasteiger partial charge in [0.15, 0.2) is 5.78 Å². The zero-order chi connectivity index (χ0) is 18.8. The van der Waals surface area contributed by atoms with E-state index in [1.165, 1.54) is 0 Å². The molecule has 0 aromatic heterocycles. The highest BCUT2D eigenvalue weighted by Gasteiger charge is 2.39. The van der Waals surface area contributed by atoms with Gasteiger partial charge >= 0.3 is 0 Å². The second-order valence-electron chi connectivity index (χ2n) is 6.43. The molecule has 0 unspecified atom stereocenters. The molecule has 0 spiro atoms. The number of benzene rings is 3. The maximum Gasteiger partial charge on any atom is 0.178 e. The second kappa shape index (κ2) is 7.16. The van der Waals surface area contributed by atoms with Crippen molar-refractivity contribution in [2.45, 2.75) is 12.0 Å². The summed E-state index contributed by atoms with van der Waals surface area (Å²) in [6.07, 6.45) is -0.410. The summed E-state index contributed by atoms with van der Waals surface area (Å²) in [5.41, 5.74) is 2.43. The summed E-state index contributed by atoms with van der Waals surface area (Å²) < 4.78 is 16.9. The molecule has 0 amide bonds. The summed E-state index contributed by atoms with van der Waals surface area (Å²) in [5.74, 6) is 1.58. The summed E-state index contributed by atoms with van der Waals surface area (Å²) in [6.45, 7) is 0. The molecule has 0 aliphatic carbocycles. The van der Waals surface area contributed by atoms with Crippen LogP contribution in [-0.2, 0) is 0 Å². The SMILES string of the molecule is COc1ccc([C@@H]2C(=O)c3ccc(OC)cc3O[C@@H]2c2ccccc2)cc1. The van der Waals surface area contributed by atoms with Crippen molar-refractivity contribution >= 4 is 5.78 Å². The predicted octanol–water partition coefficient (Wildman–Crippen LogP) is 4.80. The van der Waals surface area contributed by atoms with Crippen LogP contribution in [-0.4, -0.2) is 20.0 Å². The van der Waals surface area contributed by atoms with Crippen LogP contribution in [0, 0.1) is 0 Å². The normalized spacial score (nSPS) is 18.4. The highest BCUT2D eigenvalue weighted by Crippen LogP contribution is 2.45. The number of hydrogen-bond acceptors (Lipinski definition) is 4. The van der Waals surface area contributed by atoms with Gasteiger partial charge in [-0.2, -0.15) is 0 Å². The molecule has 27 heavy (non-hydrogen) atoms. The summed E-state index contributed by atoms with van der Waals surface area (Å²) in [4.78, 5) is 13.4. The molecule has 1 aliphatic heterocycles. The first-order chi connectivity index (χ1) is 13.2.